The van der Waals surface area contributed by atoms with Gasteiger partial charge in [-0.05, 0) is 18.6 Å². The summed E-state index contributed by atoms with van der Waals surface area (Å²) < 4.78 is 6.58. The van der Waals surface area contributed by atoms with Gasteiger partial charge < -0.3 is 10.5 Å². The Hall–Kier alpha value is -2.89. The van der Waals surface area contributed by atoms with E-state index in [-0.39, 0.29) is 0 Å². The van der Waals surface area contributed by atoms with Crippen LogP contribution in [-0.4, -0.2) is 27.8 Å². The monoisotopic (exact) mass is 299 g/mol. The molecule has 114 valence electrons. The van der Waals surface area contributed by atoms with E-state index >= 15 is 0 Å². The molecular weight excluding hydrogens is 282 g/mol. The van der Waals surface area contributed by atoms with E-state index in [9.17, 15) is 9.59 Å². The van der Waals surface area contributed by atoms with Gasteiger partial charge in [-0.25, -0.2) is 4.79 Å². The van der Waals surface area contributed by atoms with Crippen molar-refractivity contribution in [3.63, 3.8) is 0 Å². The molecule has 6 heteroatoms. The molecular formula is C16H17N3O3. The van der Waals surface area contributed by atoms with E-state index < -0.39 is 18.0 Å². The van der Waals surface area contributed by atoms with Crippen molar-refractivity contribution in [2.24, 2.45) is 5.73 Å². The highest BCUT2D eigenvalue weighted by Crippen LogP contribution is 2.05. The molecule has 1 aromatic heterocycles. The van der Waals surface area contributed by atoms with E-state index in [2.05, 4.69) is 5.10 Å². The van der Waals surface area contributed by atoms with Crippen LogP contribution in [0.15, 0.2) is 48.8 Å². The number of rotatable bonds is 6. The molecule has 0 saturated carbocycles. The van der Waals surface area contributed by atoms with Gasteiger partial charge in [-0.1, -0.05) is 30.3 Å². The zero-order valence-electron chi connectivity index (χ0n) is 12.2. The SMILES string of the molecule is C[C@H](OC(=O)/C=C/c1cnn(Cc2ccccc2)c1)C(N)=O. The van der Waals surface area contributed by atoms with Gasteiger partial charge in [0.15, 0.2) is 6.10 Å². The summed E-state index contributed by atoms with van der Waals surface area (Å²) in [4.78, 5) is 22.3. The van der Waals surface area contributed by atoms with Crippen LogP contribution >= 0.6 is 0 Å². The van der Waals surface area contributed by atoms with Crippen molar-refractivity contribution in [3.05, 3.63) is 59.9 Å². The highest BCUT2D eigenvalue weighted by molar-refractivity contribution is 5.89. The van der Waals surface area contributed by atoms with Crippen molar-refractivity contribution < 1.29 is 14.3 Å². The fraction of sp³-hybridized carbons (Fsp3) is 0.188. The van der Waals surface area contributed by atoms with Crippen molar-refractivity contribution in [1.82, 2.24) is 9.78 Å². The lowest BCUT2D eigenvalue weighted by atomic mass is 10.2. The van der Waals surface area contributed by atoms with Gasteiger partial charge in [-0.3, -0.25) is 9.48 Å². The van der Waals surface area contributed by atoms with Crippen molar-refractivity contribution in [2.75, 3.05) is 0 Å². The average molecular weight is 299 g/mol. The number of nitrogens with zero attached hydrogens (tertiary/aromatic N) is 2. The zero-order chi connectivity index (χ0) is 15.9. The molecule has 0 aliphatic carbocycles. The van der Waals surface area contributed by atoms with Crippen LogP contribution in [0.5, 0.6) is 0 Å². The largest absolute Gasteiger partial charge is 0.449 e. The summed E-state index contributed by atoms with van der Waals surface area (Å²) in [6.45, 7) is 2.07. The summed E-state index contributed by atoms with van der Waals surface area (Å²) in [5.41, 5.74) is 6.91. The Morgan fingerprint density at radius 3 is 2.77 bits per heavy atom. The van der Waals surface area contributed by atoms with Crippen LogP contribution in [0.4, 0.5) is 0 Å². The Kier molecular flexibility index (Phi) is 5.08. The number of nitrogens with two attached hydrogens (primary N) is 1. The Bertz CT molecular complexity index is 677. The van der Waals surface area contributed by atoms with Crippen LogP contribution in [0.3, 0.4) is 0 Å². The third-order valence-electron chi connectivity index (χ3n) is 2.95. The predicted molar refractivity (Wildman–Crippen MR) is 81.6 cm³/mol. The summed E-state index contributed by atoms with van der Waals surface area (Å²) in [6, 6.07) is 9.92. The fourth-order valence-corrected chi connectivity index (χ4v) is 1.76. The smallest absolute Gasteiger partial charge is 0.331 e. The first-order valence-electron chi connectivity index (χ1n) is 6.79. The molecule has 0 radical (unpaired) electrons. The number of amides is 1. The molecule has 0 fully saturated rings. The Balaban J connectivity index is 1.93. The molecule has 0 aliphatic rings. The van der Waals surface area contributed by atoms with Gasteiger partial charge in [0.1, 0.15) is 0 Å². The van der Waals surface area contributed by atoms with Crippen molar-refractivity contribution in [3.8, 4) is 0 Å². The molecule has 1 amide bonds. The molecule has 0 unspecified atom stereocenters. The van der Waals surface area contributed by atoms with Gasteiger partial charge in [0.25, 0.3) is 5.91 Å². The van der Waals surface area contributed by atoms with E-state index in [1.165, 1.54) is 13.0 Å². The number of hydrogen-bond donors (Lipinski definition) is 1. The van der Waals surface area contributed by atoms with Crippen molar-refractivity contribution >= 4 is 18.0 Å². The normalized spacial score (nSPS) is 12.2. The molecule has 0 spiro atoms. The Morgan fingerprint density at radius 2 is 2.09 bits per heavy atom. The molecule has 2 N–H and O–H groups in total. The quantitative estimate of drug-likeness (QED) is 0.644. The summed E-state index contributed by atoms with van der Waals surface area (Å²) >= 11 is 0. The van der Waals surface area contributed by atoms with Gasteiger partial charge >= 0.3 is 5.97 Å². The first-order valence-corrected chi connectivity index (χ1v) is 6.79. The van der Waals surface area contributed by atoms with Crippen molar-refractivity contribution in [1.29, 1.82) is 0 Å². The fourth-order valence-electron chi connectivity index (χ4n) is 1.76. The third kappa shape index (κ3) is 4.59. The molecule has 0 bridgehead atoms. The van der Waals surface area contributed by atoms with E-state index in [0.717, 1.165) is 11.1 Å². The summed E-state index contributed by atoms with van der Waals surface area (Å²) in [5, 5.41) is 4.22. The lowest BCUT2D eigenvalue weighted by Gasteiger charge is -2.06. The van der Waals surface area contributed by atoms with Crippen LogP contribution in [0, 0.1) is 0 Å². The number of aromatic nitrogens is 2. The number of hydrogen-bond acceptors (Lipinski definition) is 4. The molecule has 1 heterocycles. The summed E-state index contributed by atoms with van der Waals surface area (Å²) in [6.07, 6.45) is 5.32. The molecule has 0 saturated heterocycles. The topological polar surface area (TPSA) is 87.2 Å². The lowest BCUT2D eigenvalue weighted by molar-refractivity contribution is -0.148. The highest BCUT2D eigenvalue weighted by atomic mass is 16.5. The maximum absolute atomic E-state index is 11.5. The number of ether oxygens (including phenoxy) is 1. The molecule has 0 aliphatic heterocycles. The first kappa shape index (κ1) is 15.5. The first-order chi connectivity index (χ1) is 10.5. The minimum atomic E-state index is -0.946. The summed E-state index contributed by atoms with van der Waals surface area (Å²) in [7, 11) is 0. The maximum Gasteiger partial charge on any atom is 0.331 e. The van der Waals surface area contributed by atoms with Gasteiger partial charge in [0.2, 0.25) is 0 Å². The molecule has 1 atom stereocenters. The highest BCUT2D eigenvalue weighted by Gasteiger charge is 2.12. The van der Waals surface area contributed by atoms with E-state index in [1.807, 2.05) is 36.5 Å². The number of primary amides is 1. The summed E-state index contributed by atoms with van der Waals surface area (Å²) in [5.74, 6) is -1.31. The molecule has 2 rings (SSSR count). The Labute approximate surface area is 128 Å². The van der Waals surface area contributed by atoms with E-state index in [1.54, 1.807) is 17.0 Å². The van der Waals surface area contributed by atoms with Gasteiger partial charge in [-0.2, -0.15) is 5.10 Å². The van der Waals surface area contributed by atoms with Crippen LogP contribution in [0.2, 0.25) is 0 Å². The van der Waals surface area contributed by atoms with Crippen molar-refractivity contribution in [2.45, 2.75) is 19.6 Å². The van der Waals surface area contributed by atoms with Crippen LogP contribution < -0.4 is 5.73 Å². The van der Waals surface area contributed by atoms with E-state index in [0.29, 0.717) is 6.54 Å². The number of benzene rings is 1. The molecule has 6 nitrogen and oxygen atoms in total. The van der Waals surface area contributed by atoms with Crippen LogP contribution in [-0.2, 0) is 20.9 Å². The Morgan fingerprint density at radius 1 is 1.36 bits per heavy atom. The zero-order valence-corrected chi connectivity index (χ0v) is 12.2. The van der Waals surface area contributed by atoms with Crippen LogP contribution in [0.25, 0.3) is 6.08 Å². The van der Waals surface area contributed by atoms with Gasteiger partial charge in [-0.15, -0.1) is 0 Å². The number of carbonyl (C=O) groups excluding carboxylic acids is 2. The molecule has 2 aromatic rings. The maximum atomic E-state index is 11.5. The predicted octanol–water partition coefficient (Wildman–Crippen LogP) is 1.36. The van der Waals surface area contributed by atoms with E-state index in [4.69, 9.17) is 10.5 Å². The lowest BCUT2D eigenvalue weighted by Crippen LogP contribution is -2.29. The average Bonchev–Trinajstić information content (AvgIpc) is 2.93. The standard InChI is InChI=1S/C16H17N3O3/c1-12(16(17)21)22-15(20)8-7-14-9-18-19(11-14)10-13-5-3-2-4-6-13/h2-9,11-12H,10H2,1H3,(H2,17,21)/b8-7+/t12-/m0/s1. The second-order valence-corrected chi connectivity index (χ2v) is 4.77. The minimum absolute atomic E-state index is 0.623. The molecule has 1 aromatic carbocycles. The number of esters is 1. The van der Waals surface area contributed by atoms with Gasteiger partial charge in [0, 0.05) is 17.8 Å². The minimum Gasteiger partial charge on any atom is -0.449 e. The molecule has 22 heavy (non-hydrogen) atoms. The van der Waals surface area contributed by atoms with Crippen LogP contribution in [0.1, 0.15) is 18.1 Å². The second kappa shape index (κ2) is 7.21. The third-order valence-corrected chi connectivity index (χ3v) is 2.95. The second-order valence-electron chi connectivity index (χ2n) is 4.77. The van der Waals surface area contributed by atoms with Gasteiger partial charge in [0.05, 0.1) is 12.7 Å². The number of carbonyl (C=O) groups is 2.